The summed E-state index contributed by atoms with van der Waals surface area (Å²) in [5.41, 5.74) is 5.69. The van der Waals surface area contributed by atoms with E-state index in [0.717, 1.165) is 61.7 Å². The number of nitriles is 3. The van der Waals surface area contributed by atoms with Crippen LogP contribution in [-0.2, 0) is 62.8 Å². The van der Waals surface area contributed by atoms with Gasteiger partial charge in [-0.1, -0.05) is 173 Å². The van der Waals surface area contributed by atoms with E-state index in [1.54, 1.807) is 76.2 Å². The molecule has 0 saturated carbocycles. The zero-order valence-electron chi connectivity index (χ0n) is 67.7. The molecule has 0 radical (unpaired) electrons. The van der Waals surface area contributed by atoms with Crippen LogP contribution >= 0.6 is 0 Å². The minimum atomic E-state index is -3.75. The first kappa shape index (κ1) is 96.1. The number of sulfone groups is 1. The molecule has 0 amide bonds. The molecule has 22 heteroatoms. The van der Waals surface area contributed by atoms with Crippen LogP contribution in [0.25, 0.3) is 0 Å². The average molecular weight is 1570 g/mol. The third kappa shape index (κ3) is 38.1. The number of nitrogens with zero attached hydrogens (tertiary/aromatic N) is 3. The Bertz CT molecular complexity index is 4040. The Kier molecular flexibility index (Phi) is 46.5. The van der Waals surface area contributed by atoms with E-state index in [1.165, 1.54) is 34.4 Å². The van der Waals surface area contributed by atoms with Crippen molar-refractivity contribution >= 4 is 25.9 Å². The second kappa shape index (κ2) is 53.7. The van der Waals surface area contributed by atoms with Crippen LogP contribution in [-0.4, -0.2) is 106 Å². The molecular weight excluding hydrogens is 1450 g/mol. The number of hydrogen-bond acceptors (Lipinski definition) is 20. The van der Waals surface area contributed by atoms with Crippen molar-refractivity contribution in [3.05, 3.63) is 222 Å². The van der Waals surface area contributed by atoms with Crippen LogP contribution in [0, 0.1) is 34.0 Å². The quantitative estimate of drug-likeness (QED) is 0.0113. The highest BCUT2D eigenvalue weighted by Gasteiger charge is 2.24. The summed E-state index contributed by atoms with van der Waals surface area (Å²) < 4.78 is 114. The Hall–Kier alpha value is -9.12. The van der Waals surface area contributed by atoms with E-state index in [2.05, 4.69) is 111 Å². The lowest BCUT2D eigenvalue weighted by atomic mass is 9.82. The number of carbonyl (C=O) groups excluding carboxylic acids is 1. The summed E-state index contributed by atoms with van der Waals surface area (Å²) in [6, 6.07) is 62.4. The Morgan fingerprint density at radius 1 is 0.414 bits per heavy atom. The lowest BCUT2D eigenvalue weighted by Crippen LogP contribution is -2.21. The summed E-state index contributed by atoms with van der Waals surface area (Å²) in [5, 5.41) is 26.1. The smallest absolute Gasteiger partial charge is 0.330 e. The van der Waals surface area contributed by atoms with Gasteiger partial charge in [-0.15, -0.1) is 0 Å². The molecule has 0 N–H and O–H groups in total. The Morgan fingerprint density at radius 3 is 1.09 bits per heavy atom. The van der Waals surface area contributed by atoms with Gasteiger partial charge in [-0.05, 0) is 203 Å². The van der Waals surface area contributed by atoms with Crippen LogP contribution in [0.1, 0.15) is 207 Å². The summed E-state index contributed by atoms with van der Waals surface area (Å²) >= 11 is 0. The van der Waals surface area contributed by atoms with E-state index in [1.807, 2.05) is 112 Å². The fraction of sp³-hybridized carbons (Fsp3) is 0.461. The molecule has 7 aromatic carbocycles. The van der Waals surface area contributed by atoms with Gasteiger partial charge in [-0.3, -0.25) is 4.18 Å². The maximum absolute atomic E-state index is 12.2. The van der Waals surface area contributed by atoms with E-state index in [4.69, 9.17) is 66.8 Å². The van der Waals surface area contributed by atoms with Crippen LogP contribution < -0.4 is 23.7 Å². The molecular formula is C89H119N3O17S2. The SMILES string of the molecule is C=CC(=O)OCCOC(C)Oc1ccc(C(C)CC)cc1.CCC(C)(C#N)c1ccc(OC(C)OCCC#N)cc1.CCC(C)c1ccc(OC(C)OCCOS(=O)(=O)c2ccccc2)cc1.CCC(C)c1ccc(OC(C)OCCS(=O)(=O)c2ccccc2)cc1.CCC(OCCC#N)Oc1ccc(C(C)CC)cc1. The van der Waals surface area contributed by atoms with Gasteiger partial charge < -0.3 is 52.1 Å². The van der Waals surface area contributed by atoms with Gasteiger partial charge in [0.1, 0.15) is 35.4 Å². The maximum Gasteiger partial charge on any atom is 0.330 e. The fourth-order valence-corrected chi connectivity index (χ4v) is 12.0. The molecule has 0 aliphatic rings. The van der Waals surface area contributed by atoms with Gasteiger partial charge >= 0.3 is 5.97 Å². The topological polar surface area (TPSA) is 267 Å². The number of hydrogen-bond donors (Lipinski definition) is 0. The summed E-state index contributed by atoms with van der Waals surface area (Å²) in [6.45, 7) is 35.2. The van der Waals surface area contributed by atoms with Gasteiger partial charge in [0.25, 0.3) is 10.1 Å². The van der Waals surface area contributed by atoms with Crippen molar-refractivity contribution in [2.75, 3.05) is 52.0 Å². The van der Waals surface area contributed by atoms with Gasteiger partial charge in [0.05, 0.1) is 91.6 Å². The molecule has 0 saturated heterocycles. The van der Waals surface area contributed by atoms with Gasteiger partial charge in [-0.2, -0.15) is 24.2 Å². The van der Waals surface area contributed by atoms with Crippen LogP contribution in [0.2, 0.25) is 0 Å². The molecule has 0 fully saturated rings. The van der Waals surface area contributed by atoms with Crippen LogP contribution in [0.4, 0.5) is 0 Å². The summed E-state index contributed by atoms with van der Waals surface area (Å²) in [4.78, 5) is 11.3. The minimum Gasteiger partial charge on any atom is -0.465 e. The second-order valence-corrected chi connectivity index (χ2v) is 30.0. The van der Waals surface area contributed by atoms with Crippen LogP contribution in [0.15, 0.2) is 204 Å². The van der Waals surface area contributed by atoms with E-state index in [-0.39, 0.29) is 50.0 Å². The third-order valence-electron chi connectivity index (χ3n) is 17.9. The summed E-state index contributed by atoms with van der Waals surface area (Å²) in [6.07, 6.45) is 5.73. The molecule has 604 valence electrons. The van der Waals surface area contributed by atoms with Gasteiger partial charge in [-0.25, -0.2) is 13.2 Å². The Balaban J connectivity index is 0.000000361. The van der Waals surface area contributed by atoms with E-state index >= 15 is 0 Å². The van der Waals surface area contributed by atoms with Crippen molar-refractivity contribution in [3.63, 3.8) is 0 Å². The van der Waals surface area contributed by atoms with Crippen molar-refractivity contribution in [2.45, 2.75) is 226 Å². The highest BCUT2D eigenvalue weighted by Crippen LogP contribution is 2.30. The molecule has 111 heavy (non-hydrogen) atoms. The first-order valence-corrected chi connectivity index (χ1v) is 41.3. The minimum absolute atomic E-state index is 0.0715. The molecule has 20 nitrogen and oxygen atoms in total. The normalized spacial score (nSPS) is 13.9. The molecule has 0 spiro atoms. The van der Waals surface area contributed by atoms with E-state index in [0.29, 0.717) is 71.9 Å². The Labute approximate surface area is 662 Å². The van der Waals surface area contributed by atoms with Gasteiger partial charge in [0, 0.05) is 12.5 Å². The number of ether oxygens (including phenoxy) is 11. The molecule has 10 unspecified atom stereocenters. The molecule has 0 aromatic heterocycles. The van der Waals surface area contributed by atoms with Crippen molar-refractivity contribution in [3.8, 4) is 47.0 Å². The zero-order chi connectivity index (χ0) is 82.0. The Morgan fingerprint density at radius 2 is 0.748 bits per heavy atom. The van der Waals surface area contributed by atoms with Crippen molar-refractivity contribution in [1.29, 1.82) is 15.8 Å². The standard InChI is InChI=1S/C20H26O5S.C20H26O4S.C17H24O4.C16H20N2O2.C16H23NO2/c1-4-16(2)18-10-12-19(13-11-18)25-17(3)23-14-15-24-26(21,22)20-8-6-5-7-9-20;1-4-16(2)18-10-12-19(13-11-18)24-17(3)23-14-15-25(21,22)20-8-6-5-7-9-20;1-5-13(3)15-7-9-16(10-8-15)21-14(4)19-11-12-20-17(18)6-2;1-4-16(3,12-18)14-6-8-15(9-7-14)20-13(2)19-11-5-10-17;1-4-13(3)14-7-9-15(10-8-14)19-16(5-2)18-12-6-11-17/h5-13,16-17H,4,14-15H2,1-3H3;5-13,16-17H,4,14-15H2,1-3H3;6-10,13-14H,2,5,11-12H2,1,3-4H3;6-9,13H,4-5,11H2,1-3H3;7-10,13,16H,4-6,12H2,1-3H3. The predicted octanol–water partition coefficient (Wildman–Crippen LogP) is 20.2. The van der Waals surface area contributed by atoms with Crippen molar-refractivity contribution in [1.82, 2.24) is 0 Å². The summed E-state index contributed by atoms with van der Waals surface area (Å²) in [5.74, 6) is 5.32. The molecule has 0 bridgehead atoms. The molecule has 0 heterocycles. The van der Waals surface area contributed by atoms with E-state index < -0.39 is 56.5 Å². The predicted molar refractivity (Wildman–Crippen MR) is 435 cm³/mol. The molecule has 10 atom stereocenters. The number of rotatable bonds is 43. The lowest BCUT2D eigenvalue weighted by Gasteiger charge is -2.20. The molecule has 7 rings (SSSR count). The summed E-state index contributed by atoms with van der Waals surface area (Å²) in [7, 11) is -7.08. The monoisotopic (exact) mass is 1570 g/mol. The highest BCUT2D eigenvalue weighted by atomic mass is 32.2. The first-order chi connectivity index (χ1) is 53.2. The second-order valence-electron chi connectivity index (χ2n) is 26.3. The largest absolute Gasteiger partial charge is 0.465 e. The van der Waals surface area contributed by atoms with Crippen molar-refractivity contribution in [2.24, 2.45) is 0 Å². The lowest BCUT2D eigenvalue weighted by molar-refractivity contribution is -0.142. The number of carbonyl (C=O) groups is 1. The van der Waals surface area contributed by atoms with Gasteiger partial charge in [0.15, 0.2) is 41.3 Å². The molecule has 0 aliphatic carbocycles. The highest BCUT2D eigenvalue weighted by molar-refractivity contribution is 7.91. The first-order valence-electron chi connectivity index (χ1n) is 38.3. The van der Waals surface area contributed by atoms with Crippen molar-refractivity contribution < 1.29 is 77.9 Å². The number of benzene rings is 7. The third-order valence-corrected chi connectivity index (χ3v) is 21.0. The van der Waals surface area contributed by atoms with E-state index in [9.17, 15) is 26.9 Å². The van der Waals surface area contributed by atoms with Gasteiger partial charge in [0.2, 0.25) is 0 Å². The average Bonchev–Trinajstić information content (AvgIpc) is 0.830. The number of esters is 1. The van der Waals surface area contributed by atoms with Crippen LogP contribution in [0.5, 0.6) is 28.7 Å². The zero-order valence-corrected chi connectivity index (χ0v) is 69.3. The maximum atomic E-state index is 12.2. The molecule has 7 aromatic rings. The fourth-order valence-electron chi connectivity index (χ4n) is 9.99. The molecule has 0 aliphatic heterocycles. The van der Waals surface area contributed by atoms with Crippen LogP contribution in [0.3, 0.4) is 0 Å².